The van der Waals surface area contributed by atoms with Gasteiger partial charge in [0.15, 0.2) is 6.10 Å². The van der Waals surface area contributed by atoms with Crippen LogP contribution in [0.15, 0.2) is 18.2 Å². The molecular formula is C19H27NO4. The van der Waals surface area contributed by atoms with E-state index in [-0.39, 0.29) is 12.5 Å². The number of rotatable bonds is 5. The molecule has 1 saturated heterocycles. The van der Waals surface area contributed by atoms with E-state index in [2.05, 4.69) is 13.8 Å². The fraction of sp³-hybridized carbons (Fsp3) is 0.579. The van der Waals surface area contributed by atoms with E-state index < -0.39 is 18.0 Å². The predicted octanol–water partition coefficient (Wildman–Crippen LogP) is 3.21. The van der Waals surface area contributed by atoms with E-state index in [0.29, 0.717) is 24.6 Å². The van der Waals surface area contributed by atoms with Gasteiger partial charge in [0.1, 0.15) is 5.75 Å². The highest BCUT2D eigenvalue weighted by Gasteiger charge is 2.31. The average molecular weight is 333 g/mol. The Morgan fingerprint density at radius 1 is 1.29 bits per heavy atom. The molecule has 0 bridgehead atoms. The number of hydrogen-bond donors (Lipinski definition) is 1. The number of aryl methyl sites for hydroxylation is 1. The molecule has 1 heterocycles. The Morgan fingerprint density at radius 2 is 2.00 bits per heavy atom. The summed E-state index contributed by atoms with van der Waals surface area (Å²) in [4.78, 5) is 25.3. The van der Waals surface area contributed by atoms with Crippen LogP contribution in [0.2, 0.25) is 0 Å². The number of hydrogen-bond acceptors (Lipinski definition) is 3. The molecule has 0 aromatic heterocycles. The third-order valence-corrected chi connectivity index (χ3v) is 4.61. The lowest BCUT2D eigenvalue weighted by molar-refractivity contribution is -0.147. The Labute approximate surface area is 143 Å². The van der Waals surface area contributed by atoms with Crippen LogP contribution in [0.5, 0.6) is 5.75 Å². The zero-order valence-electron chi connectivity index (χ0n) is 14.9. The maximum atomic E-state index is 12.5. The summed E-state index contributed by atoms with van der Waals surface area (Å²) in [6.45, 7) is 8.92. The van der Waals surface area contributed by atoms with Gasteiger partial charge in [-0.15, -0.1) is 0 Å². The molecule has 1 amide bonds. The monoisotopic (exact) mass is 333 g/mol. The van der Waals surface area contributed by atoms with Crippen molar-refractivity contribution in [1.29, 1.82) is 0 Å². The van der Waals surface area contributed by atoms with Gasteiger partial charge in [0.05, 0.1) is 5.92 Å². The summed E-state index contributed by atoms with van der Waals surface area (Å²) >= 11 is 0. The van der Waals surface area contributed by atoms with Crippen LogP contribution in [0.3, 0.4) is 0 Å². The van der Waals surface area contributed by atoms with Gasteiger partial charge in [-0.1, -0.05) is 19.9 Å². The lowest BCUT2D eigenvalue weighted by atomic mass is 9.98. The number of carbonyl (C=O) groups excluding carboxylic acids is 1. The van der Waals surface area contributed by atoms with Gasteiger partial charge >= 0.3 is 5.97 Å². The molecule has 2 unspecified atom stereocenters. The van der Waals surface area contributed by atoms with Crippen molar-refractivity contribution < 1.29 is 19.4 Å². The first kappa shape index (κ1) is 18.3. The van der Waals surface area contributed by atoms with E-state index in [1.807, 2.05) is 25.1 Å². The van der Waals surface area contributed by atoms with Crippen molar-refractivity contribution in [1.82, 2.24) is 4.90 Å². The molecule has 0 spiro atoms. The highest BCUT2D eigenvalue weighted by atomic mass is 16.5. The van der Waals surface area contributed by atoms with Gasteiger partial charge in [0.25, 0.3) is 5.91 Å². The molecule has 0 saturated carbocycles. The molecular weight excluding hydrogens is 306 g/mol. The molecule has 2 rings (SSSR count). The molecule has 5 nitrogen and oxygen atoms in total. The number of piperidine rings is 1. The van der Waals surface area contributed by atoms with Crippen molar-refractivity contribution in [3.63, 3.8) is 0 Å². The number of carbonyl (C=O) groups is 2. The molecule has 24 heavy (non-hydrogen) atoms. The lowest BCUT2D eigenvalue weighted by Crippen LogP contribution is -2.47. The summed E-state index contributed by atoms with van der Waals surface area (Å²) in [5.74, 6) is -0.334. The standard InChI is InChI=1S/C19H27NO4/c1-12(2)17-8-7-16(10-13(17)3)24-14(4)18(21)20-9-5-6-15(11-20)19(22)23/h7-8,10,12,14-15H,5-6,9,11H2,1-4H3,(H,22,23). The predicted molar refractivity (Wildman–Crippen MR) is 92.3 cm³/mol. The van der Waals surface area contributed by atoms with E-state index in [1.54, 1.807) is 11.8 Å². The number of aliphatic carboxylic acids is 1. The van der Waals surface area contributed by atoms with Gasteiger partial charge in [0.2, 0.25) is 0 Å². The van der Waals surface area contributed by atoms with Crippen molar-refractivity contribution in [3.8, 4) is 5.75 Å². The van der Waals surface area contributed by atoms with E-state index >= 15 is 0 Å². The summed E-state index contributed by atoms with van der Waals surface area (Å²) in [5.41, 5.74) is 2.41. The quantitative estimate of drug-likeness (QED) is 0.898. The van der Waals surface area contributed by atoms with Gasteiger partial charge < -0.3 is 14.7 Å². The van der Waals surface area contributed by atoms with Crippen LogP contribution in [0.25, 0.3) is 0 Å². The van der Waals surface area contributed by atoms with Crippen LogP contribution in [0, 0.1) is 12.8 Å². The summed E-state index contributed by atoms with van der Waals surface area (Å²) in [6.07, 6.45) is 0.726. The van der Waals surface area contributed by atoms with E-state index in [0.717, 1.165) is 12.0 Å². The second-order valence-electron chi connectivity index (χ2n) is 6.89. The first-order valence-corrected chi connectivity index (χ1v) is 8.58. The summed E-state index contributed by atoms with van der Waals surface area (Å²) < 4.78 is 5.80. The SMILES string of the molecule is Cc1cc(OC(C)C(=O)N2CCCC(C(=O)O)C2)ccc1C(C)C. The second-order valence-corrected chi connectivity index (χ2v) is 6.89. The maximum absolute atomic E-state index is 12.5. The molecule has 1 aromatic rings. The Bertz CT molecular complexity index is 611. The number of amides is 1. The molecule has 2 atom stereocenters. The first-order valence-electron chi connectivity index (χ1n) is 8.58. The van der Waals surface area contributed by atoms with Crippen molar-refractivity contribution >= 4 is 11.9 Å². The molecule has 1 aliphatic heterocycles. The Hall–Kier alpha value is -2.04. The van der Waals surface area contributed by atoms with Gasteiger partial charge in [-0.2, -0.15) is 0 Å². The van der Waals surface area contributed by atoms with Gasteiger partial charge in [-0.3, -0.25) is 9.59 Å². The lowest BCUT2D eigenvalue weighted by Gasteiger charge is -2.32. The molecule has 1 fully saturated rings. The number of likely N-dealkylation sites (tertiary alicyclic amines) is 1. The van der Waals surface area contributed by atoms with Crippen molar-refractivity contribution in [2.75, 3.05) is 13.1 Å². The zero-order valence-corrected chi connectivity index (χ0v) is 14.9. The fourth-order valence-electron chi connectivity index (χ4n) is 3.26. The average Bonchev–Trinajstić information content (AvgIpc) is 2.53. The summed E-state index contributed by atoms with van der Waals surface area (Å²) in [5, 5.41) is 9.14. The molecule has 0 aliphatic carbocycles. The summed E-state index contributed by atoms with van der Waals surface area (Å²) in [6, 6.07) is 5.88. The third kappa shape index (κ3) is 4.28. The zero-order chi connectivity index (χ0) is 17.9. The van der Waals surface area contributed by atoms with E-state index in [1.165, 1.54) is 5.56 Å². The highest BCUT2D eigenvalue weighted by Crippen LogP contribution is 2.25. The fourth-order valence-corrected chi connectivity index (χ4v) is 3.26. The number of benzene rings is 1. The Balaban J connectivity index is 2.01. The molecule has 1 aliphatic rings. The molecule has 5 heteroatoms. The molecule has 1 aromatic carbocycles. The van der Waals surface area contributed by atoms with Crippen LogP contribution < -0.4 is 4.74 Å². The smallest absolute Gasteiger partial charge is 0.308 e. The number of nitrogens with zero attached hydrogens (tertiary/aromatic N) is 1. The number of carboxylic acid groups (broad SMARTS) is 1. The van der Waals surface area contributed by atoms with Crippen molar-refractivity contribution in [2.24, 2.45) is 5.92 Å². The first-order chi connectivity index (χ1) is 11.3. The third-order valence-electron chi connectivity index (χ3n) is 4.61. The maximum Gasteiger partial charge on any atom is 0.308 e. The molecule has 0 radical (unpaired) electrons. The Kier molecular flexibility index (Phi) is 5.86. The topological polar surface area (TPSA) is 66.8 Å². The van der Waals surface area contributed by atoms with Crippen LogP contribution >= 0.6 is 0 Å². The molecule has 1 N–H and O–H groups in total. The largest absolute Gasteiger partial charge is 0.481 e. The minimum Gasteiger partial charge on any atom is -0.481 e. The Morgan fingerprint density at radius 3 is 2.58 bits per heavy atom. The van der Waals surface area contributed by atoms with Crippen LogP contribution in [0.1, 0.15) is 50.7 Å². The second kappa shape index (κ2) is 7.69. The van der Waals surface area contributed by atoms with Gasteiger partial charge in [-0.25, -0.2) is 0 Å². The van der Waals surface area contributed by atoms with Crippen LogP contribution in [-0.2, 0) is 9.59 Å². The number of carboxylic acids is 1. The van der Waals surface area contributed by atoms with Crippen molar-refractivity contribution in [3.05, 3.63) is 29.3 Å². The molecule has 132 valence electrons. The van der Waals surface area contributed by atoms with Crippen LogP contribution in [0.4, 0.5) is 0 Å². The van der Waals surface area contributed by atoms with Gasteiger partial charge in [-0.05, 0) is 55.9 Å². The van der Waals surface area contributed by atoms with E-state index in [9.17, 15) is 9.59 Å². The normalized spacial score (nSPS) is 19.2. The van der Waals surface area contributed by atoms with Gasteiger partial charge in [0, 0.05) is 13.1 Å². The van der Waals surface area contributed by atoms with Crippen LogP contribution in [-0.4, -0.2) is 41.1 Å². The highest BCUT2D eigenvalue weighted by molar-refractivity contribution is 5.82. The summed E-state index contributed by atoms with van der Waals surface area (Å²) in [7, 11) is 0. The number of ether oxygens (including phenoxy) is 1. The van der Waals surface area contributed by atoms with E-state index in [4.69, 9.17) is 9.84 Å². The van der Waals surface area contributed by atoms with Crippen molar-refractivity contribution in [2.45, 2.75) is 52.6 Å². The minimum absolute atomic E-state index is 0.147. The minimum atomic E-state index is -0.832.